The summed E-state index contributed by atoms with van der Waals surface area (Å²) in [5.74, 6) is 0.896. The number of hydrogen-bond acceptors (Lipinski definition) is 3. The van der Waals surface area contributed by atoms with Gasteiger partial charge < -0.3 is 9.84 Å². The number of fused-ring (bicyclic) bond motifs is 1. The van der Waals surface area contributed by atoms with E-state index in [1.807, 2.05) is 42.5 Å². The standard InChI is InChI=1S/C16H13NO2/c18-14-8-4-7-13-15(9-10-17-16(13)14)19-11-12-5-2-1-3-6-12/h1-10,18H,11H2. The van der Waals surface area contributed by atoms with Crippen LogP contribution >= 0.6 is 0 Å². The van der Waals surface area contributed by atoms with Gasteiger partial charge in [-0.05, 0) is 23.8 Å². The number of phenols is 1. The molecule has 0 fully saturated rings. The zero-order chi connectivity index (χ0) is 13.1. The van der Waals surface area contributed by atoms with Crippen molar-refractivity contribution in [2.75, 3.05) is 0 Å². The molecule has 94 valence electrons. The molecule has 0 aliphatic carbocycles. The first-order chi connectivity index (χ1) is 9.34. The minimum atomic E-state index is 0.169. The highest BCUT2D eigenvalue weighted by Gasteiger charge is 2.06. The van der Waals surface area contributed by atoms with E-state index < -0.39 is 0 Å². The van der Waals surface area contributed by atoms with Crippen molar-refractivity contribution in [3.63, 3.8) is 0 Å². The van der Waals surface area contributed by atoms with Gasteiger partial charge in [-0.1, -0.05) is 36.4 Å². The van der Waals surface area contributed by atoms with E-state index in [2.05, 4.69) is 4.98 Å². The Balaban J connectivity index is 1.91. The average molecular weight is 251 g/mol. The minimum Gasteiger partial charge on any atom is -0.506 e. The second kappa shape index (κ2) is 4.98. The Bertz CT molecular complexity index is 695. The number of pyridine rings is 1. The summed E-state index contributed by atoms with van der Waals surface area (Å²) in [4.78, 5) is 4.17. The number of phenolic OH excluding ortho intramolecular Hbond substituents is 1. The van der Waals surface area contributed by atoms with Crippen molar-refractivity contribution in [2.24, 2.45) is 0 Å². The lowest BCUT2D eigenvalue weighted by molar-refractivity contribution is 0.310. The first kappa shape index (κ1) is 11.5. The molecule has 1 aromatic heterocycles. The van der Waals surface area contributed by atoms with E-state index in [-0.39, 0.29) is 5.75 Å². The van der Waals surface area contributed by atoms with Gasteiger partial charge in [-0.25, -0.2) is 0 Å². The molecule has 1 heterocycles. The average Bonchev–Trinajstić information content (AvgIpc) is 2.47. The fourth-order valence-electron chi connectivity index (χ4n) is 2.00. The Hall–Kier alpha value is -2.55. The summed E-state index contributed by atoms with van der Waals surface area (Å²) in [5, 5.41) is 10.6. The first-order valence-electron chi connectivity index (χ1n) is 6.08. The Labute approximate surface area is 111 Å². The summed E-state index contributed by atoms with van der Waals surface area (Å²) in [7, 11) is 0. The molecule has 0 aliphatic heterocycles. The van der Waals surface area contributed by atoms with Gasteiger partial charge in [0, 0.05) is 11.6 Å². The fourth-order valence-corrected chi connectivity index (χ4v) is 2.00. The van der Waals surface area contributed by atoms with Crippen LogP contribution < -0.4 is 4.74 Å². The number of benzene rings is 2. The predicted molar refractivity (Wildman–Crippen MR) is 74.2 cm³/mol. The number of aromatic nitrogens is 1. The highest BCUT2D eigenvalue weighted by atomic mass is 16.5. The van der Waals surface area contributed by atoms with E-state index in [1.165, 1.54) is 0 Å². The van der Waals surface area contributed by atoms with E-state index >= 15 is 0 Å². The molecule has 0 saturated heterocycles. The van der Waals surface area contributed by atoms with Crippen LogP contribution in [-0.4, -0.2) is 10.1 Å². The third-order valence-electron chi connectivity index (χ3n) is 2.95. The predicted octanol–water partition coefficient (Wildman–Crippen LogP) is 3.52. The molecule has 0 aliphatic rings. The second-order valence-electron chi connectivity index (χ2n) is 4.26. The van der Waals surface area contributed by atoms with Crippen molar-refractivity contribution < 1.29 is 9.84 Å². The van der Waals surface area contributed by atoms with Crippen molar-refractivity contribution >= 4 is 10.9 Å². The molecule has 0 amide bonds. The van der Waals surface area contributed by atoms with E-state index in [1.54, 1.807) is 18.3 Å². The van der Waals surface area contributed by atoms with Gasteiger partial charge in [0.25, 0.3) is 0 Å². The number of nitrogens with zero attached hydrogens (tertiary/aromatic N) is 1. The normalized spacial score (nSPS) is 10.5. The van der Waals surface area contributed by atoms with Crippen LogP contribution in [0.1, 0.15) is 5.56 Å². The highest BCUT2D eigenvalue weighted by Crippen LogP contribution is 2.29. The summed E-state index contributed by atoms with van der Waals surface area (Å²) in [6, 6.07) is 17.1. The quantitative estimate of drug-likeness (QED) is 0.774. The van der Waals surface area contributed by atoms with E-state index in [0.717, 1.165) is 16.7 Å². The Morgan fingerprint density at radius 2 is 1.79 bits per heavy atom. The molecule has 0 radical (unpaired) electrons. The van der Waals surface area contributed by atoms with E-state index in [9.17, 15) is 5.11 Å². The number of ether oxygens (including phenoxy) is 1. The SMILES string of the molecule is Oc1cccc2c(OCc3ccccc3)ccnc12. The van der Waals surface area contributed by atoms with Crippen LogP contribution in [0.25, 0.3) is 10.9 Å². The van der Waals surface area contributed by atoms with Crippen LogP contribution in [0.5, 0.6) is 11.5 Å². The maximum Gasteiger partial charge on any atom is 0.141 e. The van der Waals surface area contributed by atoms with Gasteiger partial charge >= 0.3 is 0 Å². The van der Waals surface area contributed by atoms with Gasteiger partial charge in [0.1, 0.15) is 23.6 Å². The molecule has 3 rings (SSSR count). The van der Waals surface area contributed by atoms with E-state index in [0.29, 0.717) is 12.1 Å². The van der Waals surface area contributed by atoms with Crippen molar-refractivity contribution in [3.05, 3.63) is 66.4 Å². The maximum atomic E-state index is 9.76. The summed E-state index contributed by atoms with van der Waals surface area (Å²) < 4.78 is 5.81. The van der Waals surface area contributed by atoms with Gasteiger partial charge in [0.15, 0.2) is 0 Å². The van der Waals surface area contributed by atoms with Crippen molar-refractivity contribution in [2.45, 2.75) is 6.61 Å². The van der Waals surface area contributed by atoms with E-state index in [4.69, 9.17) is 4.74 Å². The summed E-state index contributed by atoms with van der Waals surface area (Å²) in [6.45, 7) is 0.496. The Morgan fingerprint density at radius 3 is 2.63 bits per heavy atom. The van der Waals surface area contributed by atoms with Gasteiger partial charge in [0.2, 0.25) is 0 Å². The lowest BCUT2D eigenvalue weighted by Crippen LogP contribution is -1.96. The van der Waals surface area contributed by atoms with Crippen LogP contribution in [0.4, 0.5) is 0 Å². The third kappa shape index (κ3) is 2.36. The summed E-state index contributed by atoms with van der Waals surface area (Å²) in [6.07, 6.45) is 1.64. The molecular weight excluding hydrogens is 238 g/mol. The van der Waals surface area contributed by atoms with Gasteiger partial charge in [-0.2, -0.15) is 0 Å². The first-order valence-corrected chi connectivity index (χ1v) is 6.08. The molecule has 0 saturated carbocycles. The molecule has 2 aromatic carbocycles. The van der Waals surface area contributed by atoms with Crippen LogP contribution in [0.2, 0.25) is 0 Å². The lowest BCUT2D eigenvalue weighted by atomic mass is 10.2. The summed E-state index contributed by atoms with van der Waals surface area (Å²) >= 11 is 0. The molecule has 0 spiro atoms. The van der Waals surface area contributed by atoms with Gasteiger partial charge in [-0.3, -0.25) is 4.98 Å². The maximum absolute atomic E-state index is 9.76. The number of rotatable bonds is 3. The van der Waals surface area contributed by atoms with Crippen molar-refractivity contribution in [1.29, 1.82) is 0 Å². The summed E-state index contributed by atoms with van der Waals surface area (Å²) in [5.41, 5.74) is 1.67. The number of aromatic hydroxyl groups is 1. The largest absolute Gasteiger partial charge is 0.506 e. The van der Waals surface area contributed by atoms with Crippen molar-refractivity contribution in [3.8, 4) is 11.5 Å². The smallest absolute Gasteiger partial charge is 0.141 e. The van der Waals surface area contributed by atoms with Crippen LogP contribution in [0.15, 0.2) is 60.8 Å². The molecule has 0 unspecified atom stereocenters. The molecule has 3 heteroatoms. The fraction of sp³-hybridized carbons (Fsp3) is 0.0625. The minimum absolute atomic E-state index is 0.169. The van der Waals surface area contributed by atoms with Gasteiger partial charge in [-0.15, -0.1) is 0 Å². The van der Waals surface area contributed by atoms with Crippen molar-refractivity contribution in [1.82, 2.24) is 4.98 Å². The number of hydrogen-bond donors (Lipinski definition) is 1. The molecule has 1 N–H and O–H groups in total. The van der Waals surface area contributed by atoms with Crippen LogP contribution in [0, 0.1) is 0 Å². The molecular formula is C16H13NO2. The zero-order valence-electron chi connectivity index (χ0n) is 10.3. The number of para-hydroxylation sites is 1. The molecule has 0 bridgehead atoms. The Kier molecular flexibility index (Phi) is 3.02. The zero-order valence-corrected chi connectivity index (χ0v) is 10.3. The highest BCUT2D eigenvalue weighted by molar-refractivity contribution is 5.89. The molecule has 19 heavy (non-hydrogen) atoms. The monoisotopic (exact) mass is 251 g/mol. The molecule has 0 atom stereocenters. The lowest BCUT2D eigenvalue weighted by Gasteiger charge is -2.09. The van der Waals surface area contributed by atoms with Gasteiger partial charge in [0.05, 0.1) is 0 Å². The molecule has 3 aromatic rings. The van der Waals surface area contributed by atoms with Crippen LogP contribution in [-0.2, 0) is 6.61 Å². The third-order valence-corrected chi connectivity index (χ3v) is 2.95. The topological polar surface area (TPSA) is 42.4 Å². The second-order valence-corrected chi connectivity index (χ2v) is 4.26. The Morgan fingerprint density at radius 1 is 0.947 bits per heavy atom. The molecule has 3 nitrogen and oxygen atoms in total. The van der Waals surface area contributed by atoms with Crippen LogP contribution in [0.3, 0.4) is 0 Å².